The van der Waals surface area contributed by atoms with Crippen LogP contribution in [-0.4, -0.2) is 22.8 Å². The fourth-order valence-corrected chi connectivity index (χ4v) is 2.97. The van der Waals surface area contributed by atoms with Gasteiger partial charge in [-0.3, -0.25) is 14.5 Å². The highest BCUT2D eigenvalue weighted by molar-refractivity contribution is 6.36. The predicted molar refractivity (Wildman–Crippen MR) is 99.9 cm³/mol. The summed E-state index contributed by atoms with van der Waals surface area (Å²) in [6, 6.07) is 15.2. The zero-order chi connectivity index (χ0) is 18.1. The molecule has 4 heteroatoms. The third-order valence-electron chi connectivity index (χ3n) is 4.38. The molecule has 1 aliphatic heterocycles. The Morgan fingerprint density at radius 1 is 0.880 bits per heavy atom. The van der Waals surface area contributed by atoms with E-state index in [0.717, 1.165) is 22.4 Å². The molecule has 0 saturated carbocycles. The van der Waals surface area contributed by atoms with Crippen LogP contribution in [0, 0.1) is 13.8 Å². The lowest BCUT2D eigenvalue weighted by atomic mass is 10.0. The van der Waals surface area contributed by atoms with Gasteiger partial charge in [0.25, 0.3) is 11.8 Å². The molecule has 0 saturated heterocycles. The standard InChI is InChI=1S/C21H22N2O2/c1-13(2)23-20(24)18(16-11-9-14(3)10-12-16)19(21(23)25)22-17-8-6-5-7-15(17)4/h5-13,22H,1-4H3. The number of anilines is 1. The highest BCUT2D eigenvalue weighted by atomic mass is 16.2. The molecule has 0 atom stereocenters. The van der Waals surface area contributed by atoms with Crippen molar-refractivity contribution >= 4 is 23.1 Å². The van der Waals surface area contributed by atoms with Crippen LogP contribution in [0.3, 0.4) is 0 Å². The lowest BCUT2D eigenvalue weighted by Crippen LogP contribution is -2.38. The molecule has 1 heterocycles. The maximum Gasteiger partial charge on any atom is 0.278 e. The van der Waals surface area contributed by atoms with Gasteiger partial charge >= 0.3 is 0 Å². The summed E-state index contributed by atoms with van der Waals surface area (Å²) in [4.78, 5) is 27.2. The number of hydrogen-bond acceptors (Lipinski definition) is 3. The average molecular weight is 334 g/mol. The second-order valence-corrected chi connectivity index (χ2v) is 6.63. The van der Waals surface area contributed by atoms with Crippen LogP contribution >= 0.6 is 0 Å². The first-order chi connectivity index (χ1) is 11.9. The number of hydrogen-bond donors (Lipinski definition) is 1. The van der Waals surface area contributed by atoms with Crippen molar-refractivity contribution in [2.45, 2.75) is 33.7 Å². The van der Waals surface area contributed by atoms with Gasteiger partial charge in [-0.25, -0.2) is 0 Å². The number of aryl methyl sites for hydroxylation is 2. The molecular weight excluding hydrogens is 312 g/mol. The van der Waals surface area contributed by atoms with Gasteiger partial charge < -0.3 is 5.32 Å². The molecule has 0 aliphatic carbocycles. The highest BCUT2D eigenvalue weighted by Gasteiger charge is 2.40. The maximum absolute atomic E-state index is 12.9. The smallest absolute Gasteiger partial charge is 0.278 e. The molecular formula is C21H22N2O2. The minimum Gasteiger partial charge on any atom is -0.350 e. The topological polar surface area (TPSA) is 49.4 Å². The summed E-state index contributed by atoms with van der Waals surface area (Å²) in [5, 5.41) is 3.20. The Morgan fingerprint density at radius 3 is 2.12 bits per heavy atom. The first-order valence-electron chi connectivity index (χ1n) is 8.42. The van der Waals surface area contributed by atoms with Crippen LogP contribution in [0.15, 0.2) is 54.2 Å². The van der Waals surface area contributed by atoms with Crippen molar-refractivity contribution < 1.29 is 9.59 Å². The van der Waals surface area contributed by atoms with E-state index in [1.54, 1.807) is 0 Å². The van der Waals surface area contributed by atoms with Gasteiger partial charge in [-0.1, -0.05) is 48.0 Å². The van der Waals surface area contributed by atoms with Crippen LogP contribution in [0.5, 0.6) is 0 Å². The lowest BCUT2D eigenvalue weighted by molar-refractivity contribution is -0.138. The molecule has 4 nitrogen and oxygen atoms in total. The monoisotopic (exact) mass is 334 g/mol. The molecule has 0 bridgehead atoms. The predicted octanol–water partition coefficient (Wildman–Crippen LogP) is 3.90. The third kappa shape index (κ3) is 3.07. The lowest BCUT2D eigenvalue weighted by Gasteiger charge is -2.19. The van der Waals surface area contributed by atoms with E-state index in [2.05, 4.69) is 5.32 Å². The molecule has 1 aliphatic rings. The molecule has 0 unspecified atom stereocenters. The molecule has 0 spiro atoms. The Balaban J connectivity index is 2.12. The summed E-state index contributed by atoms with van der Waals surface area (Å²) >= 11 is 0. The van der Waals surface area contributed by atoms with Crippen LogP contribution in [0.2, 0.25) is 0 Å². The zero-order valence-electron chi connectivity index (χ0n) is 15.0. The molecule has 2 amide bonds. The van der Waals surface area contributed by atoms with Crippen molar-refractivity contribution in [3.8, 4) is 0 Å². The van der Waals surface area contributed by atoms with Gasteiger partial charge in [0.1, 0.15) is 5.70 Å². The summed E-state index contributed by atoms with van der Waals surface area (Å²) in [7, 11) is 0. The molecule has 128 valence electrons. The second-order valence-electron chi connectivity index (χ2n) is 6.63. The van der Waals surface area contributed by atoms with Gasteiger partial charge in [0.15, 0.2) is 0 Å². The number of para-hydroxylation sites is 1. The molecule has 0 fully saturated rings. The normalized spacial score (nSPS) is 14.7. The first kappa shape index (κ1) is 17.0. The molecule has 3 rings (SSSR count). The summed E-state index contributed by atoms with van der Waals surface area (Å²) in [5.41, 5.74) is 4.48. The second kappa shape index (κ2) is 6.55. The van der Waals surface area contributed by atoms with E-state index in [1.807, 2.05) is 76.2 Å². The van der Waals surface area contributed by atoms with Gasteiger partial charge in [-0.05, 0) is 44.9 Å². The molecule has 0 radical (unpaired) electrons. The van der Waals surface area contributed by atoms with E-state index in [-0.39, 0.29) is 17.9 Å². The van der Waals surface area contributed by atoms with E-state index in [9.17, 15) is 9.59 Å². The number of carbonyl (C=O) groups excluding carboxylic acids is 2. The van der Waals surface area contributed by atoms with Crippen molar-refractivity contribution in [1.29, 1.82) is 0 Å². The van der Waals surface area contributed by atoms with Crippen LogP contribution in [0.1, 0.15) is 30.5 Å². The minimum absolute atomic E-state index is 0.198. The van der Waals surface area contributed by atoms with Crippen molar-refractivity contribution in [2.75, 3.05) is 5.32 Å². The molecule has 0 aromatic heterocycles. The largest absolute Gasteiger partial charge is 0.350 e. The number of rotatable bonds is 4. The zero-order valence-corrected chi connectivity index (χ0v) is 15.0. The third-order valence-corrected chi connectivity index (χ3v) is 4.38. The van der Waals surface area contributed by atoms with Gasteiger partial charge in [0.05, 0.1) is 5.57 Å². The fourth-order valence-electron chi connectivity index (χ4n) is 2.97. The van der Waals surface area contributed by atoms with E-state index in [1.165, 1.54) is 4.90 Å². The van der Waals surface area contributed by atoms with Crippen LogP contribution in [0.4, 0.5) is 5.69 Å². The Hall–Kier alpha value is -2.88. The van der Waals surface area contributed by atoms with Crippen molar-refractivity contribution in [3.63, 3.8) is 0 Å². The Bertz CT molecular complexity index is 864. The maximum atomic E-state index is 12.9. The van der Waals surface area contributed by atoms with Crippen molar-refractivity contribution in [3.05, 3.63) is 70.9 Å². The minimum atomic E-state index is -0.279. The SMILES string of the molecule is Cc1ccc(C2=C(Nc3ccccc3C)C(=O)N(C(C)C)C2=O)cc1. The number of nitrogens with zero attached hydrogens (tertiary/aromatic N) is 1. The van der Waals surface area contributed by atoms with Crippen LogP contribution in [-0.2, 0) is 9.59 Å². The van der Waals surface area contributed by atoms with E-state index in [4.69, 9.17) is 0 Å². The summed E-state index contributed by atoms with van der Waals surface area (Å²) in [6.45, 7) is 7.65. The Kier molecular flexibility index (Phi) is 4.45. The molecule has 2 aromatic carbocycles. The Labute approximate surface area is 148 Å². The van der Waals surface area contributed by atoms with Crippen LogP contribution in [0.25, 0.3) is 5.57 Å². The molecule has 1 N–H and O–H groups in total. The van der Waals surface area contributed by atoms with E-state index < -0.39 is 0 Å². The van der Waals surface area contributed by atoms with Gasteiger partial charge in [0.2, 0.25) is 0 Å². The van der Waals surface area contributed by atoms with Gasteiger partial charge in [-0.2, -0.15) is 0 Å². The summed E-state index contributed by atoms with van der Waals surface area (Å²) < 4.78 is 0. The number of carbonyl (C=O) groups is 2. The number of imide groups is 1. The van der Waals surface area contributed by atoms with E-state index in [0.29, 0.717) is 11.3 Å². The van der Waals surface area contributed by atoms with E-state index >= 15 is 0 Å². The quantitative estimate of drug-likeness (QED) is 0.863. The molecule has 2 aromatic rings. The summed E-state index contributed by atoms with van der Waals surface area (Å²) in [6.07, 6.45) is 0. The number of nitrogens with one attached hydrogen (secondary N) is 1. The number of benzene rings is 2. The van der Waals surface area contributed by atoms with Crippen molar-refractivity contribution in [1.82, 2.24) is 4.90 Å². The first-order valence-corrected chi connectivity index (χ1v) is 8.42. The average Bonchev–Trinajstić information content (AvgIpc) is 2.81. The van der Waals surface area contributed by atoms with Gasteiger partial charge in [-0.15, -0.1) is 0 Å². The van der Waals surface area contributed by atoms with Crippen molar-refractivity contribution in [2.24, 2.45) is 0 Å². The number of amides is 2. The highest BCUT2D eigenvalue weighted by Crippen LogP contribution is 2.32. The fraction of sp³-hybridized carbons (Fsp3) is 0.238. The van der Waals surface area contributed by atoms with Gasteiger partial charge in [0, 0.05) is 11.7 Å². The Morgan fingerprint density at radius 2 is 1.52 bits per heavy atom. The summed E-state index contributed by atoms with van der Waals surface area (Å²) in [5.74, 6) is -0.529. The van der Waals surface area contributed by atoms with Crippen LogP contribution < -0.4 is 5.32 Å². The molecule has 25 heavy (non-hydrogen) atoms.